The van der Waals surface area contributed by atoms with Crippen LogP contribution in [0.2, 0.25) is 0 Å². The Labute approximate surface area is 158 Å². The second kappa shape index (κ2) is 13.6. The van der Waals surface area contributed by atoms with Crippen LogP contribution in [0, 0.1) is 5.92 Å². The molecule has 0 aromatic heterocycles. The smallest absolute Gasteiger partial charge is 0.191 e. The first kappa shape index (κ1) is 22.2. The third kappa shape index (κ3) is 10.5. The molecule has 2 N–H and O–H groups in total. The summed E-state index contributed by atoms with van der Waals surface area (Å²) in [5, 5.41) is 6.67. The number of nitrogens with zero attached hydrogens (tertiary/aromatic N) is 1. The molecule has 0 atom stereocenters. The molecule has 0 spiro atoms. The quantitative estimate of drug-likeness (QED) is 0.352. The van der Waals surface area contributed by atoms with E-state index in [0.717, 1.165) is 32.1 Å². The molecular weight excluding hydrogens is 401 g/mol. The summed E-state index contributed by atoms with van der Waals surface area (Å²) in [6.07, 6.45) is 1.15. The minimum absolute atomic E-state index is 0. The van der Waals surface area contributed by atoms with Gasteiger partial charge in [0.1, 0.15) is 0 Å². The molecule has 0 saturated carbocycles. The number of nitrogens with one attached hydrogen (secondary N) is 2. The predicted octanol–water partition coefficient (Wildman–Crippen LogP) is 3.94. The Morgan fingerprint density at radius 3 is 2.30 bits per heavy atom. The zero-order valence-electron chi connectivity index (χ0n) is 14.9. The molecule has 0 unspecified atom stereocenters. The molecule has 0 aliphatic rings. The molecule has 1 rings (SSSR count). The predicted molar refractivity (Wildman–Crippen MR) is 109 cm³/mol. The second-order valence-electron chi connectivity index (χ2n) is 5.76. The zero-order chi connectivity index (χ0) is 16.2. The van der Waals surface area contributed by atoms with Crippen LogP contribution in [-0.4, -0.2) is 25.7 Å². The Morgan fingerprint density at radius 1 is 1.09 bits per heavy atom. The highest BCUT2D eigenvalue weighted by atomic mass is 127. The van der Waals surface area contributed by atoms with E-state index in [0.29, 0.717) is 19.1 Å². The fourth-order valence-corrected chi connectivity index (χ4v) is 1.95. The first-order valence-electron chi connectivity index (χ1n) is 8.33. The van der Waals surface area contributed by atoms with E-state index in [-0.39, 0.29) is 24.0 Å². The molecule has 0 bridgehead atoms. The molecule has 0 radical (unpaired) electrons. The van der Waals surface area contributed by atoms with Gasteiger partial charge in [-0.3, -0.25) is 0 Å². The second-order valence-corrected chi connectivity index (χ2v) is 5.76. The fraction of sp³-hybridized carbons (Fsp3) is 0.611. The van der Waals surface area contributed by atoms with Crippen molar-refractivity contribution < 1.29 is 4.74 Å². The molecule has 0 fully saturated rings. The van der Waals surface area contributed by atoms with Crippen molar-refractivity contribution in [1.29, 1.82) is 0 Å². The Bertz CT molecular complexity index is 432. The lowest BCUT2D eigenvalue weighted by molar-refractivity contribution is 0.134. The maximum Gasteiger partial charge on any atom is 0.191 e. The highest BCUT2D eigenvalue weighted by Crippen LogP contribution is 2.07. The minimum Gasteiger partial charge on any atom is -0.377 e. The van der Waals surface area contributed by atoms with E-state index in [9.17, 15) is 0 Å². The monoisotopic (exact) mass is 433 g/mol. The molecule has 1 aromatic carbocycles. The van der Waals surface area contributed by atoms with Crippen molar-refractivity contribution in [3.63, 3.8) is 0 Å². The van der Waals surface area contributed by atoms with Crippen LogP contribution in [-0.2, 0) is 17.9 Å². The molecule has 0 amide bonds. The minimum atomic E-state index is 0. The van der Waals surface area contributed by atoms with Crippen LogP contribution in [0.25, 0.3) is 0 Å². The molecule has 5 heteroatoms. The molecule has 0 aliphatic heterocycles. The van der Waals surface area contributed by atoms with Crippen LogP contribution in [0.4, 0.5) is 0 Å². The number of hydrogen-bond donors (Lipinski definition) is 2. The standard InChI is InChI=1S/C18H31N3O.HI/c1-5-19-18(20-12-11-15(3)4)21-13-16-7-9-17(10-8-16)14-22-6-2;/h7-10,15H,5-6,11-14H2,1-4H3,(H2,19,20,21);1H. The number of aliphatic imine (C=N–C) groups is 1. The average molecular weight is 433 g/mol. The van der Waals surface area contributed by atoms with Crippen molar-refractivity contribution in [1.82, 2.24) is 10.6 Å². The fourth-order valence-electron chi connectivity index (χ4n) is 1.95. The van der Waals surface area contributed by atoms with Gasteiger partial charge in [-0.05, 0) is 37.3 Å². The topological polar surface area (TPSA) is 45.7 Å². The van der Waals surface area contributed by atoms with E-state index in [1.54, 1.807) is 0 Å². The van der Waals surface area contributed by atoms with Crippen LogP contribution < -0.4 is 10.6 Å². The summed E-state index contributed by atoms with van der Waals surface area (Å²) in [4.78, 5) is 4.64. The third-order valence-electron chi connectivity index (χ3n) is 3.27. The Kier molecular flexibility index (Phi) is 13.1. The van der Waals surface area contributed by atoms with Gasteiger partial charge in [0.25, 0.3) is 0 Å². The summed E-state index contributed by atoms with van der Waals surface area (Å²) >= 11 is 0. The van der Waals surface area contributed by atoms with Gasteiger partial charge < -0.3 is 15.4 Å². The Morgan fingerprint density at radius 2 is 1.74 bits per heavy atom. The lowest BCUT2D eigenvalue weighted by Gasteiger charge is -2.12. The number of rotatable bonds is 9. The van der Waals surface area contributed by atoms with Gasteiger partial charge in [-0.25, -0.2) is 4.99 Å². The van der Waals surface area contributed by atoms with Crippen LogP contribution in [0.15, 0.2) is 29.3 Å². The largest absolute Gasteiger partial charge is 0.377 e. The van der Waals surface area contributed by atoms with Gasteiger partial charge in [-0.2, -0.15) is 0 Å². The van der Waals surface area contributed by atoms with E-state index in [1.165, 1.54) is 11.1 Å². The maximum absolute atomic E-state index is 5.41. The van der Waals surface area contributed by atoms with E-state index in [1.807, 2.05) is 6.92 Å². The maximum atomic E-state index is 5.41. The SMILES string of the molecule is CCNC(=NCc1ccc(COCC)cc1)NCCC(C)C.I. The number of ether oxygens (including phenoxy) is 1. The molecular formula is C18H32IN3O. The van der Waals surface area contributed by atoms with Crippen molar-refractivity contribution in [2.45, 2.75) is 47.3 Å². The number of hydrogen-bond acceptors (Lipinski definition) is 2. The summed E-state index contributed by atoms with van der Waals surface area (Å²) in [5.74, 6) is 1.59. The van der Waals surface area contributed by atoms with Crippen LogP contribution in [0.5, 0.6) is 0 Å². The number of guanidine groups is 1. The van der Waals surface area contributed by atoms with E-state index in [4.69, 9.17) is 4.74 Å². The molecule has 0 heterocycles. The van der Waals surface area contributed by atoms with Gasteiger partial charge in [0.15, 0.2) is 5.96 Å². The summed E-state index contributed by atoms with van der Waals surface area (Å²) in [5.41, 5.74) is 2.41. The van der Waals surface area contributed by atoms with E-state index < -0.39 is 0 Å². The molecule has 4 nitrogen and oxygen atoms in total. The normalized spacial score (nSPS) is 11.3. The summed E-state index contributed by atoms with van der Waals surface area (Å²) in [6.45, 7) is 12.5. The highest BCUT2D eigenvalue weighted by molar-refractivity contribution is 14.0. The average Bonchev–Trinajstić information content (AvgIpc) is 2.51. The van der Waals surface area contributed by atoms with Gasteiger partial charge in [0.05, 0.1) is 13.2 Å². The molecule has 23 heavy (non-hydrogen) atoms. The lowest BCUT2D eigenvalue weighted by Crippen LogP contribution is -2.38. The van der Waals surface area contributed by atoms with Crippen molar-refractivity contribution in [2.75, 3.05) is 19.7 Å². The summed E-state index contributed by atoms with van der Waals surface area (Å²) in [7, 11) is 0. The van der Waals surface area contributed by atoms with E-state index >= 15 is 0 Å². The molecule has 132 valence electrons. The van der Waals surface area contributed by atoms with Crippen LogP contribution in [0.3, 0.4) is 0 Å². The Hall–Kier alpha value is -0.820. The molecule has 0 saturated heterocycles. The van der Waals surface area contributed by atoms with Crippen LogP contribution >= 0.6 is 24.0 Å². The van der Waals surface area contributed by atoms with Gasteiger partial charge in [0.2, 0.25) is 0 Å². The van der Waals surface area contributed by atoms with Crippen molar-refractivity contribution in [3.8, 4) is 0 Å². The van der Waals surface area contributed by atoms with Crippen molar-refractivity contribution in [2.24, 2.45) is 10.9 Å². The van der Waals surface area contributed by atoms with E-state index in [2.05, 4.69) is 60.7 Å². The first-order chi connectivity index (χ1) is 10.7. The third-order valence-corrected chi connectivity index (χ3v) is 3.27. The van der Waals surface area contributed by atoms with Gasteiger partial charge >= 0.3 is 0 Å². The summed E-state index contributed by atoms with van der Waals surface area (Å²) in [6, 6.07) is 8.46. The Balaban J connectivity index is 0.00000484. The molecule has 1 aromatic rings. The molecule has 0 aliphatic carbocycles. The van der Waals surface area contributed by atoms with Gasteiger partial charge in [-0.1, -0.05) is 38.1 Å². The summed E-state index contributed by atoms with van der Waals surface area (Å²) < 4.78 is 5.41. The van der Waals surface area contributed by atoms with Crippen molar-refractivity contribution in [3.05, 3.63) is 35.4 Å². The van der Waals surface area contributed by atoms with Crippen molar-refractivity contribution >= 4 is 29.9 Å². The van der Waals surface area contributed by atoms with Crippen LogP contribution in [0.1, 0.15) is 45.2 Å². The first-order valence-corrected chi connectivity index (χ1v) is 8.33. The highest BCUT2D eigenvalue weighted by Gasteiger charge is 1.99. The number of halogens is 1. The lowest BCUT2D eigenvalue weighted by atomic mass is 10.1. The van der Waals surface area contributed by atoms with Gasteiger partial charge in [0, 0.05) is 19.7 Å². The zero-order valence-corrected chi connectivity index (χ0v) is 17.2. The van der Waals surface area contributed by atoms with Gasteiger partial charge in [-0.15, -0.1) is 24.0 Å². The number of benzene rings is 1.